The Bertz CT molecular complexity index is 1090. The predicted octanol–water partition coefficient (Wildman–Crippen LogP) is 5.62. The van der Waals surface area contributed by atoms with Gasteiger partial charge in [-0.15, -0.1) is 11.3 Å². The van der Waals surface area contributed by atoms with Gasteiger partial charge in [-0.3, -0.25) is 0 Å². The molecule has 1 unspecified atom stereocenters. The van der Waals surface area contributed by atoms with Crippen molar-refractivity contribution in [1.82, 2.24) is 15.0 Å². The lowest BCUT2D eigenvalue weighted by atomic mass is 9.77. The van der Waals surface area contributed by atoms with Gasteiger partial charge in [0.2, 0.25) is 0 Å². The number of para-hydroxylation sites is 1. The number of anilines is 1. The number of aryl methyl sites for hydroxylation is 2. The van der Waals surface area contributed by atoms with E-state index in [0.717, 1.165) is 34.2 Å². The topological polar surface area (TPSA) is 57.0 Å². The summed E-state index contributed by atoms with van der Waals surface area (Å²) >= 11 is 3.55. The van der Waals surface area contributed by atoms with Crippen molar-refractivity contribution in [2.45, 2.75) is 50.6 Å². The Balaban J connectivity index is 1.56. The number of fused-ring (bicyclic) bond motifs is 3. The fourth-order valence-electron chi connectivity index (χ4n) is 3.99. The van der Waals surface area contributed by atoms with Crippen LogP contribution in [0, 0.1) is 12.3 Å². The molecule has 1 atom stereocenters. The summed E-state index contributed by atoms with van der Waals surface area (Å²) in [5.74, 6) is 0.818. The van der Waals surface area contributed by atoms with Crippen LogP contribution < -0.4 is 5.01 Å². The van der Waals surface area contributed by atoms with Crippen LogP contribution >= 0.6 is 23.1 Å². The number of benzene rings is 1. The summed E-state index contributed by atoms with van der Waals surface area (Å²) < 4.78 is 0. The van der Waals surface area contributed by atoms with E-state index in [0.29, 0.717) is 5.41 Å². The van der Waals surface area contributed by atoms with Gasteiger partial charge in [0, 0.05) is 17.3 Å². The van der Waals surface area contributed by atoms with Gasteiger partial charge in [0.1, 0.15) is 15.7 Å². The van der Waals surface area contributed by atoms with E-state index in [1.807, 2.05) is 53.5 Å². The first-order valence-corrected chi connectivity index (χ1v) is 11.6. The molecule has 2 aromatic heterocycles. The van der Waals surface area contributed by atoms with E-state index in [-0.39, 0.29) is 5.50 Å². The van der Waals surface area contributed by atoms with Gasteiger partial charge < -0.3 is 0 Å². The fraction of sp³-hybridized carbons (Fsp3) is 0.429. The van der Waals surface area contributed by atoms with Crippen molar-refractivity contribution in [2.75, 3.05) is 12.1 Å². The van der Waals surface area contributed by atoms with Crippen LogP contribution in [0.1, 0.15) is 36.5 Å². The molecule has 3 aromatic rings. The summed E-state index contributed by atoms with van der Waals surface area (Å²) in [4.78, 5) is 12.2. The molecule has 150 valence electrons. The van der Waals surface area contributed by atoms with Crippen LogP contribution in [-0.2, 0) is 12.8 Å². The SMILES string of the molecule is Cc1nc(SC2N(C)N=NN2c2ccccc2)c2c3c(sc2n1)CC(C)(C)CC3. The van der Waals surface area contributed by atoms with Crippen molar-refractivity contribution >= 4 is 39.0 Å². The van der Waals surface area contributed by atoms with Crippen molar-refractivity contribution < 1.29 is 0 Å². The Labute approximate surface area is 179 Å². The highest BCUT2D eigenvalue weighted by molar-refractivity contribution is 8.00. The van der Waals surface area contributed by atoms with Gasteiger partial charge in [-0.1, -0.05) is 49.0 Å². The molecule has 3 heterocycles. The highest BCUT2D eigenvalue weighted by atomic mass is 32.2. The molecule has 8 heteroatoms. The van der Waals surface area contributed by atoms with Crippen molar-refractivity contribution in [1.29, 1.82) is 0 Å². The van der Waals surface area contributed by atoms with E-state index >= 15 is 0 Å². The smallest absolute Gasteiger partial charge is 0.195 e. The second-order valence-corrected chi connectivity index (χ2v) is 10.6. The average molecular weight is 425 g/mol. The second-order valence-electron chi connectivity index (χ2n) is 8.48. The van der Waals surface area contributed by atoms with Crippen molar-refractivity contribution in [3.63, 3.8) is 0 Å². The zero-order valence-corrected chi connectivity index (χ0v) is 18.7. The van der Waals surface area contributed by atoms with Crippen molar-refractivity contribution in [2.24, 2.45) is 15.9 Å². The van der Waals surface area contributed by atoms with Crippen LogP contribution in [-0.4, -0.2) is 27.5 Å². The summed E-state index contributed by atoms with van der Waals surface area (Å²) in [6, 6.07) is 10.2. The molecule has 5 rings (SSSR count). The summed E-state index contributed by atoms with van der Waals surface area (Å²) in [6.45, 7) is 6.70. The molecule has 1 aliphatic carbocycles. The molecule has 1 aliphatic heterocycles. The highest BCUT2D eigenvalue weighted by Crippen LogP contribution is 2.46. The number of hydrogen-bond donors (Lipinski definition) is 0. The van der Waals surface area contributed by atoms with Gasteiger partial charge in [0.15, 0.2) is 5.50 Å². The van der Waals surface area contributed by atoms with Crippen LogP contribution in [0.4, 0.5) is 5.69 Å². The predicted molar refractivity (Wildman–Crippen MR) is 119 cm³/mol. The Morgan fingerprint density at radius 1 is 1.14 bits per heavy atom. The fourth-order valence-corrected chi connectivity index (χ4v) is 6.76. The van der Waals surface area contributed by atoms with E-state index in [1.54, 1.807) is 11.8 Å². The minimum atomic E-state index is -0.0783. The number of hydrogen-bond acceptors (Lipinski definition) is 8. The molecule has 6 nitrogen and oxygen atoms in total. The first-order chi connectivity index (χ1) is 13.9. The van der Waals surface area contributed by atoms with Gasteiger partial charge in [0.25, 0.3) is 0 Å². The van der Waals surface area contributed by atoms with Gasteiger partial charge >= 0.3 is 0 Å². The van der Waals surface area contributed by atoms with Crippen molar-refractivity contribution in [3.05, 3.63) is 46.6 Å². The van der Waals surface area contributed by atoms with Gasteiger partial charge in [-0.05, 0) is 54.5 Å². The molecule has 0 spiro atoms. The molecule has 0 bridgehead atoms. The summed E-state index contributed by atoms with van der Waals surface area (Å²) in [6.07, 6.45) is 3.42. The number of rotatable bonds is 3. The quantitative estimate of drug-likeness (QED) is 0.510. The third-order valence-corrected chi connectivity index (χ3v) is 7.91. The molecular formula is C21H24N6S2. The average Bonchev–Trinajstić information content (AvgIpc) is 3.21. The maximum absolute atomic E-state index is 4.87. The maximum atomic E-state index is 4.87. The Morgan fingerprint density at radius 2 is 1.93 bits per heavy atom. The van der Waals surface area contributed by atoms with E-state index in [9.17, 15) is 0 Å². The molecular weight excluding hydrogens is 400 g/mol. The maximum Gasteiger partial charge on any atom is 0.195 e. The van der Waals surface area contributed by atoms with Gasteiger partial charge in [-0.2, -0.15) is 0 Å². The van der Waals surface area contributed by atoms with Crippen LogP contribution in [0.2, 0.25) is 0 Å². The van der Waals surface area contributed by atoms with Gasteiger partial charge in [0.05, 0.1) is 5.69 Å². The lowest BCUT2D eigenvalue weighted by Gasteiger charge is -2.29. The summed E-state index contributed by atoms with van der Waals surface area (Å²) in [5.41, 5.74) is 2.75. The molecule has 0 saturated heterocycles. The normalized spacial score (nSPS) is 20.5. The number of thioether (sulfide) groups is 1. The lowest BCUT2D eigenvalue weighted by molar-refractivity contribution is 0.320. The zero-order valence-electron chi connectivity index (χ0n) is 17.1. The van der Waals surface area contributed by atoms with Crippen LogP contribution in [0.25, 0.3) is 10.2 Å². The number of thiophene rings is 1. The largest absolute Gasteiger partial charge is 0.246 e. The second kappa shape index (κ2) is 6.95. The molecule has 0 N–H and O–H groups in total. The number of nitrogens with zero attached hydrogens (tertiary/aromatic N) is 6. The molecule has 2 aliphatic rings. The molecule has 0 amide bonds. The van der Waals surface area contributed by atoms with Crippen molar-refractivity contribution in [3.8, 4) is 0 Å². The summed E-state index contributed by atoms with van der Waals surface area (Å²) in [7, 11) is 1.96. The van der Waals surface area contributed by atoms with Crippen LogP contribution in [0.5, 0.6) is 0 Å². The van der Waals surface area contributed by atoms with E-state index in [1.165, 1.54) is 22.2 Å². The third kappa shape index (κ3) is 3.38. The lowest BCUT2D eigenvalue weighted by Crippen LogP contribution is -2.33. The molecule has 1 aromatic carbocycles. The Morgan fingerprint density at radius 3 is 2.72 bits per heavy atom. The van der Waals surface area contributed by atoms with E-state index in [4.69, 9.17) is 9.97 Å². The third-order valence-electron chi connectivity index (χ3n) is 5.55. The van der Waals surface area contributed by atoms with Crippen LogP contribution in [0.15, 0.2) is 45.8 Å². The Kier molecular flexibility index (Phi) is 4.51. The highest BCUT2D eigenvalue weighted by Gasteiger charge is 2.34. The molecule has 0 saturated carbocycles. The molecule has 0 radical (unpaired) electrons. The van der Waals surface area contributed by atoms with Crippen LogP contribution in [0.3, 0.4) is 0 Å². The monoisotopic (exact) mass is 424 g/mol. The minimum absolute atomic E-state index is 0.0783. The first-order valence-electron chi connectivity index (χ1n) is 9.85. The van der Waals surface area contributed by atoms with Gasteiger partial charge in [-0.25, -0.2) is 20.0 Å². The number of aromatic nitrogens is 2. The first kappa shape index (κ1) is 18.8. The standard InChI is InChI=1S/C21H24N6S2/c1-13-22-18-17(15-10-11-21(2,3)12-16(15)28-18)19(23-13)29-20-26(4)24-25-27(20)14-8-6-5-7-9-14/h5-9,20H,10-12H2,1-4H3. The molecule has 0 fully saturated rings. The summed E-state index contributed by atoms with van der Waals surface area (Å²) in [5, 5.41) is 14.8. The Hall–Kier alpha value is -2.19. The molecule has 29 heavy (non-hydrogen) atoms. The minimum Gasteiger partial charge on any atom is -0.246 e. The van der Waals surface area contributed by atoms with E-state index < -0.39 is 0 Å². The van der Waals surface area contributed by atoms with E-state index in [2.05, 4.69) is 36.4 Å². The zero-order chi connectivity index (χ0) is 20.2.